The van der Waals surface area contributed by atoms with Gasteiger partial charge in [0.2, 0.25) is 0 Å². The Bertz CT molecular complexity index is 4170. The SMILES string of the molecule is c1ccc2c(c1)Oc1ccccc1C21c2ccccc2-c2ccc(N(c3ccc(-c4ccc5c(c4)oc4ccccc45)cc3)c3cccc4c3C3(c5ccccc5Oc5ccccc53)c3ccccc3-4)cc21. The summed E-state index contributed by atoms with van der Waals surface area (Å²) in [6.45, 7) is 0. The Balaban J connectivity index is 0.976. The summed E-state index contributed by atoms with van der Waals surface area (Å²) in [7, 11) is 0. The lowest BCUT2D eigenvalue weighted by atomic mass is 9.65. The molecule has 336 valence electrons. The fraction of sp³-hybridized carbons (Fsp3) is 0.0294. The molecule has 2 spiro atoms. The fourth-order valence-electron chi connectivity index (χ4n) is 13.2. The van der Waals surface area contributed by atoms with Crippen molar-refractivity contribution in [2.24, 2.45) is 0 Å². The average molecular weight is 920 g/mol. The smallest absolute Gasteiger partial charge is 0.136 e. The van der Waals surface area contributed by atoms with E-state index in [-0.39, 0.29) is 0 Å². The highest BCUT2D eigenvalue weighted by atomic mass is 16.5. The van der Waals surface area contributed by atoms with Gasteiger partial charge in [0.05, 0.1) is 16.5 Å². The molecule has 0 bridgehead atoms. The quantitative estimate of drug-likeness (QED) is 0.176. The summed E-state index contributed by atoms with van der Waals surface area (Å²) >= 11 is 0. The largest absolute Gasteiger partial charge is 0.457 e. The fourth-order valence-corrected chi connectivity index (χ4v) is 13.2. The molecule has 1 aromatic heterocycles. The highest BCUT2D eigenvalue weighted by molar-refractivity contribution is 6.06. The third-order valence-corrected chi connectivity index (χ3v) is 16.0. The van der Waals surface area contributed by atoms with Crippen molar-refractivity contribution in [2.75, 3.05) is 4.90 Å². The summed E-state index contributed by atoms with van der Waals surface area (Å²) in [6.07, 6.45) is 0. The van der Waals surface area contributed by atoms with Crippen molar-refractivity contribution >= 4 is 39.0 Å². The topological polar surface area (TPSA) is 34.8 Å². The predicted octanol–water partition coefficient (Wildman–Crippen LogP) is 17.7. The normalized spacial score (nSPS) is 14.3. The first-order valence-corrected chi connectivity index (χ1v) is 24.7. The molecule has 72 heavy (non-hydrogen) atoms. The van der Waals surface area contributed by atoms with Gasteiger partial charge in [-0.3, -0.25) is 0 Å². The molecule has 4 heteroatoms. The second kappa shape index (κ2) is 14.6. The van der Waals surface area contributed by atoms with E-state index in [1.54, 1.807) is 0 Å². The summed E-state index contributed by atoms with van der Waals surface area (Å²) in [5, 5.41) is 2.25. The molecule has 0 atom stereocenters. The minimum Gasteiger partial charge on any atom is -0.457 e. The predicted molar refractivity (Wildman–Crippen MR) is 289 cm³/mol. The maximum atomic E-state index is 6.83. The molecule has 2 aliphatic heterocycles. The number of hydrogen-bond donors (Lipinski definition) is 0. The maximum Gasteiger partial charge on any atom is 0.136 e. The number of hydrogen-bond acceptors (Lipinski definition) is 4. The maximum absolute atomic E-state index is 6.83. The van der Waals surface area contributed by atoms with E-state index in [0.29, 0.717) is 0 Å². The van der Waals surface area contributed by atoms with E-state index in [0.717, 1.165) is 95.4 Å². The van der Waals surface area contributed by atoms with Gasteiger partial charge in [-0.1, -0.05) is 176 Å². The Hall–Kier alpha value is -9.38. The summed E-state index contributed by atoms with van der Waals surface area (Å²) in [6, 6.07) is 90.3. The van der Waals surface area contributed by atoms with E-state index in [9.17, 15) is 0 Å². The van der Waals surface area contributed by atoms with Gasteiger partial charge >= 0.3 is 0 Å². The van der Waals surface area contributed by atoms with Crippen LogP contribution in [0.3, 0.4) is 0 Å². The zero-order chi connectivity index (χ0) is 47.1. The van der Waals surface area contributed by atoms with Crippen molar-refractivity contribution in [2.45, 2.75) is 10.8 Å². The third kappa shape index (κ3) is 5.10. The Morgan fingerprint density at radius 3 is 1.42 bits per heavy atom. The van der Waals surface area contributed by atoms with Gasteiger partial charge in [-0.15, -0.1) is 0 Å². The van der Waals surface area contributed by atoms with Crippen LogP contribution < -0.4 is 14.4 Å². The second-order valence-electron chi connectivity index (χ2n) is 19.4. The summed E-state index contributed by atoms with van der Waals surface area (Å²) in [4.78, 5) is 2.51. The highest BCUT2D eigenvalue weighted by Gasteiger charge is 2.54. The number of para-hydroxylation sites is 5. The number of ether oxygens (including phenoxy) is 2. The van der Waals surface area contributed by atoms with Crippen molar-refractivity contribution < 1.29 is 13.9 Å². The van der Waals surface area contributed by atoms with Crippen LogP contribution in [0, 0.1) is 0 Å². The van der Waals surface area contributed by atoms with Crippen LogP contribution in [-0.2, 0) is 10.8 Å². The van der Waals surface area contributed by atoms with Crippen LogP contribution in [0.5, 0.6) is 23.0 Å². The van der Waals surface area contributed by atoms with E-state index >= 15 is 0 Å². The van der Waals surface area contributed by atoms with Crippen LogP contribution in [0.25, 0.3) is 55.3 Å². The lowest BCUT2D eigenvalue weighted by molar-refractivity contribution is 0.436. The second-order valence-corrected chi connectivity index (χ2v) is 19.4. The zero-order valence-corrected chi connectivity index (χ0v) is 38.8. The summed E-state index contributed by atoms with van der Waals surface area (Å²) in [5.41, 5.74) is 20.1. The molecule has 0 amide bonds. The Morgan fingerprint density at radius 1 is 0.292 bits per heavy atom. The molecule has 0 saturated heterocycles. The Labute approximate surface area is 416 Å². The lowest BCUT2D eigenvalue weighted by Crippen LogP contribution is -2.33. The van der Waals surface area contributed by atoms with Gasteiger partial charge in [-0.2, -0.15) is 0 Å². The van der Waals surface area contributed by atoms with Crippen LogP contribution in [-0.4, -0.2) is 0 Å². The zero-order valence-electron chi connectivity index (χ0n) is 38.8. The molecule has 11 aromatic carbocycles. The van der Waals surface area contributed by atoms with Crippen LogP contribution in [0.4, 0.5) is 17.1 Å². The van der Waals surface area contributed by atoms with E-state index in [4.69, 9.17) is 13.9 Å². The molecule has 16 rings (SSSR count). The van der Waals surface area contributed by atoms with E-state index in [1.165, 1.54) is 44.5 Å². The van der Waals surface area contributed by atoms with Crippen LogP contribution in [0.2, 0.25) is 0 Å². The molecule has 0 radical (unpaired) electrons. The van der Waals surface area contributed by atoms with E-state index in [1.807, 2.05) is 12.1 Å². The number of furan rings is 1. The van der Waals surface area contributed by atoms with Crippen LogP contribution >= 0.6 is 0 Å². The molecule has 3 heterocycles. The highest BCUT2D eigenvalue weighted by Crippen LogP contribution is 2.66. The first-order chi connectivity index (χ1) is 35.7. The molecule has 0 saturated carbocycles. The monoisotopic (exact) mass is 919 g/mol. The van der Waals surface area contributed by atoms with E-state index < -0.39 is 10.8 Å². The summed E-state index contributed by atoms with van der Waals surface area (Å²) in [5.74, 6) is 3.46. The van der Waals surface area contributed by atoms with Crippen molar-refractivity contribution in [1.29, 1.82) is 0 Å². The van der Waals surface area contributed by atoms with Gasteiger partial charge in [0.25, 0.3) is 0 Å². The molecule has 2 aliphatic carbocycles. The molecule has 0 fully saturated rings. The standard InChI is InChI=1S/C68H41NO3/c1-4-20-52-46(16-1)48-39-37-45(41-58(48)67(52)54-22-6-11-28-61(54)71-62-29-12-7-23-55(62)67)69(44-35-32-42(33-36-44)43-34-38-50-49-18-3-10-27-60(49)70-65(50)40-43)59-26-15-19-51-47-17-2-5-21-53(47)68(66(51)59)56-24-8-13-30-63(56)72-64-31-14-9-25-57(64)68/h1-41H. The van der Waals surface area contributed by atoms with Crippen LogP contribution in [0.1, 0.15) is 44.5 Å². The van der Waals surface area contributed by atoms with Gasteiger partial charge in [-0.05, 0) is 123 Å². The molecule has 0 unspecified atom stereocenters. The molecule has 0 N–H and O–H groups in total. The Morgan fingerprint density at radius 2 is 0.764 bits per heavy atom. The van der Waals surface area contributed by atoms with Gasteiger partial charge in [0.15, 0.2) is 0 Å². The number of fused-ring (bicyclic) bond motifs is 21. The summed E-state index contributed by atoms with van der Waals surface area (Å²) < 4.78 is 20.0. The lowest BCUT2D eigenvalue weighted by Gasteiger charge is -2.42. The number of rotatable bonds is 4. The van der Waals surface area contributed by atoms with Crippen molar-refractivity contribution in [3.05, 3.63) is 293 Å². The van der Waals surface area contributed by atoms with E-state index in [2.05, 4.69) is 241 Å². The number of nitrogens with zero attached hydrogens (tertiary/aromatic N) is 1. The first kappa shape index (κ1) is 39.5. The van der Waals surface area contributed by atoms with Crippen molar-refractivity contribution in [1.82, 2.24) is 0 Å². The van der Waals surface area contributed by atoms with Crippen LogP contribution in [0.15, 0.2) is 253 Å². The minimum atomic E-state index is -0.707. The van der Waals surface area contributed by atoms with Gasteiger partial charge in [0.1, 0.15) is 34.2 Å². The van der Waals surface area contributed by atoms with Crippen molar-refractivity contribution in [3.8, 4) is 56.4 Å². The van der Waals surface area contributed by atoms with Gasteiger partial charge in [0, 0.05) is 50.0 Å². The Kier molecular flexibility index (Phi) is 7.99. The average Bonchev–Trinajstić information content (AvgIpc) is 4.07. The van der Waals surface area contributed by atoms with Gasteiger partial charge in [-0.25, -0.2) is 0 Å². The minimum absolute atomic E-state index is 0.646. The number of benzene rings is 11. The molecule has 4 aliphatic rings. The molecule has 4 nitrogen and oxygen atoms in total. The molecule has 12 aromatic rings. The van der Waals surface area contributed by atoms with Gasteiger partial charge < -0.3 is 18.8 Å². The van der Waals surface area contributed by atoms with Crippen molar-refractivity contribution in [3.63, 3.8) is 0 Å². The number of anilines is 3. The molecular weight excluding hydrogens is 879 g/mol. The molecular formula is C68H41NO3. The third-order valence-electron chi connectivity index (χ3n) is 16.0. The first-order valence-electron chi connectivity index (χ1n) is 24.7.